The number of nitrogens with one attached hydrogen (secondary N) is 2. The largest absolute Gasteiger partial charge is 0.352 e. The van der Waals surface area contributed by atoms with Crippen molar-refractivity contribution in [3.8, 4) is 0 Å². The van der Waals surface area contributed by atoms with Gasteiger partial charge in [-0.25, -0.2) is 0 Å². The number of hydrogen-bond acceptors (Lipinski definition) is 2. The van der Waals surface area contributed by atoms with Crippen LogP contribution in [0, 0.1) is 5.92 Å². The summed E-state index contributed by atoms with van der Waals surface area (Å²) >= 11 is 0. The summed E-state index contributed by atoms with van der Waals surface area (Å²) in [6.07, 6.45) is 9.59. The Hall–Kier alpha value is -0.570. The van der Waals surface area contributed by atoms with Crippen molar-refractivity contribution >= 4 is 5.91 Å². The molecule has 1 heterocycles. The fraction of sp³-hybridized carbons (Fsp3) is 0.933. The lowest BCUT2D eigenvalue weighted by atomic mass is 10.1. The highest BCUT2D eigenvalue weighted by Crippen LogP contribution is 2.10. The van der Waals surface area contributed by atoms with Gasteiger partial charge in [-0.2, -0.15) is 0 Å². The zero-order valence-electron chi connectivity index (χ0n) is 12.1. The van der Waals surface area contributed by atoms with Crippen molar-refractivity contribution in [1.29, 1.82) is 0 Å². The molecule has 1 fully saturated rings. The molecule has 0 saturated carbocycles. The summed E-state index contributed by atoms with van der Waals surface area (Å²) in [5, 5.41) is 6.45. The van der Waals surface area contributed by atoms with Crippen LogP contribution in [0.3, 0.4) is 0 Å². The Morgan fingerprint density at radius 3 is 2.39 bits per heavy atom. The van der Waals surface area contributed by atoms with Gasteiger partial charge in [0, 0.05) is 19.0 Å². The Morgan fingerprint density at radius 2 is 1.78 bits per heavy atom. The minimum Gasteiger partial charge on any atom is -0.352 e. The molecule has 2 atom stereocenters. The third kappa shape index (κ3) is 6.39. The molecule has 0 bridgehead atoms. The average Bonchev–Trinajstić information content (AvgIpc) is 2.74. The molecule has 106 valence electrons. The van der Waals surface area contributed by atoms with Gasteiger partial charge in [-0.05, 0) is 18.9 Å². The topological polar surface area (TPSA) is 41.1 Å². The molecular weight excluding hydrogens is 224 g/mol. The molecule has 3 heteroatoms. The zero-order valence-corrected chi connectivity index (χ0v) is 12.1. The van der Waals surface area contributed by atoms with Gasteiger partial charge in [-0.1, -0.05) is 52.4 Å². The van der Waals surface area contributed by atoms with Crippen molar-refractivity contribution in [2.45, 2.75) is 71.3 Å². The highest BCUT2D eigenvalue weighted by atomic mass is 16.1. The van der Waals surface area contributed by atoms with Gasteiger partial charge in [0.2, 0.25) is 5.91 Å². The van der Waals surface area contributed by atoms with Crippen molar-refractivity contribution in [2.75, 3.05) is 13.1 Å². The molecular formula is C15H30N2O. The molecule has 0 radical (unpaired) electrons. The van der Waals surface area contributed by atoms with Gasteiger partial charge in [0.15, 0.2) is 0 Å². The number of amides is 1. The SMILES string of the molecule is CCCCCCCCCC(=O)NC1CNCC1C. The monoisotopic (exact) mass is 254 g/mol. The summed E-state index contributed by atoms with van der Waals surface area (Å²) in [7, 11) is 0. The van der Waals surface area contributed by atoms with Crippen LogP contribution < -0.4 is 10.6 Å². The van der Waals surface area contributed by atoms with Crippen molar-refractivity contribution in [1.82, 2.24) is 10.6 Å². The van der Waals surface area contributed by atoms with Gasteiger partial charge in [0.05, 0.1) is 0 Å². The fourth-order valence-electron chi connectivity index (χ4n) is 2.52. The quantitative estimate of drug-likeness (QED) is 0.621. The van der Waals surface area contributed by atoms with Crippen LogP contribution >= 0.6 is 0 Å². The summed E-state index contributed by atoms with van der Waals surface area (Å²) in [6.45, 7) is 6.40. The first-order chi connectivity index (χ1) is 8.74. The summed E-state index contributed by atoms with van der Waals surface area (Å²) in [5.74, 6) is 0.812. The molecule has 1 amide bonds. The highest BCUT2D eigenvalue weighted by Gasteiger charge is 2.23. The molecule has 3 nitrogen and oxygen atoms in total. The second kappa shape index (κ2) is 9.37. The van der Waals surface area contributed by atoms with Gasteiger partial charge < -0.3 is 10.6 Å². The van der Waals surface area contributed by atoms with Crippen LogP contribution in [-0.2, 0) is 4.79 Å². The number of unbranched alkanes of at least 4 members (excludes halogenated alkanes) is 6. The predicted molar refractivity (Wildman–Crippen MR) is 76.6 cm³/mol. The third-order valence-electron chi connectivity index (χ3n) is 3.87. The summed E-state index contributed by atoms with van der Waals surface area (Å²) < 4.78 is 0. The van der Waals surface area contributed by atoms with Crippen LogP contribution in [0.5, 0.6) is 0 Å². The molecule has 18 heavy (non-hydrogen) atoms. The maximum Gasteiger partial charge on any atom is 0.220 e. The molecule has 2 unspecified atom stereocenters. The maximum atomic E-state index is 11.7. The van der Waals surface area contributed by atoms with Crippen molar-refractivity contribution in [3.05, 3.63) is 0 Å². The lowest BCUT2D eigenvalue weighted by Gasteiger charge is -2.16. The smallest absolute Gasteiger partial charge is 0.220 e. The Balaban J connectivity index is 1.93. The summed E-state index contributed by atoms with van der Waals surface area (Å²) in [5.41, 5.74) is 0. The number of carbonyl (C=O) groups excluding carboxylic acids is 1. The van der Waals surface area contributed by atoms with E-state index in [2.05, 4.69) is 24.5 Å². The summed E-state index contributed by atoms with van der Waals surface area (Å²) in [6, 6.07) is 0.349. The van der Waals surface area contributed by atoms with E-state index in [4.69, 9.17) is 0 Å². The molecule has 1 aliphatic heterocycles. The number of hydrogen-bond donors (Lipinski definition) is 2. The lowest BCUT2D eigenvalue weighted by Crippen LogP contribution is -2.39. The summed E-state index contributed by atoms with van der Waals surface area (Å²) in [4.78, 5) is 11.7. The lowest BCUT2D eigenvalue weighted by molar-refractivity contribution is -0.122. The fourth-order valence-corrected chi connectivity index (χ4v) is 2.52. The first kappa shape index (κ1) is 15.5. The minimum absolute atomic E-state index is 0.240. The Bertz CT molecular complexity index is 231. The van der Waals surface area contributed by atoms with Crippen molar-refractivity contribution < 1.29 is 4.79 Å². The van der Waals surface area contributed by atoms with E-state index in [0.717, 1.165) is 19.5 Å². The molecule has 0 aliphatic carbocycles. The Morgan fingerprint density at radius 1 is 1.11 bits per heavy atom. The van der Waals surface area contributed by atoms with Crippen LogP contribution in [0.2, 0.25) is 0 Å². The zero-order chi connectivity index (χ0) is 13.2. The van der Waals surface area contributed by atoms with E-state index in [1.165, 1.54) is 38.5 Å². The second-order valence-electron chi connectivity index (χ2n) is 5.68. The van der Waals surface area contributed by atoms with E-state index in [-0.39, 0.29) is 5.91 Å². The average molecular weight is 254 g/mol. The van der Waals surface area contributed by atoms with Gasteiger partial charge in [-0.15, -0.1) is 0 Å². The normalized spacial score (nSPS) is 23.2. The second-order valence-corrected chi connectivity index (χ2v) is 5.68. The van der Waals surface area contributed by atoms with Gasteiger partial charge >= 0.3 is 0 Å². The van der Waals surface area contributed by atoms with E-state index in [0.29, 0.717) is 18.4 Å². The van der Waals surface area contributed by atoms with Gasteiger partial charge in [0.25, 0.3) is 0 Å². The highest BCUT2D eigenvalue weighted by molar-refractivity contribution is 5.76. The standard InChI is InChI=1S/C15H30N2O/c1-3-4-5-6-7-8-9-10-15(18)17-14-12-16-11-13(14)2/h13-14,16H,3-12H2,1-2H3,(H,17,18). The third-order valence-corrected chi connectivity index (χ3v) is 3.87. The van der Waals surface area contributed by atoms with Crippen molar-refractivity contribution in [3.63, 3.8) is 0 Å². The number of carbonyl (C=O) groups is 1. The van der Waals surface area contributed by atoms with Crippen LogP contribution in [0.4, 0.5) is 0 Å². The van der Waals surface area contributed by atoms with Crippen LogP contribution in [-0.4, -0.2) is 25.0 Å². The van der Waals surface area contributed by atoms with Crippen LogP contribution in [0.1, 0.15) is 65.2 Å². The first-order valence-electron chi connectivity index (χ1n) is 7.74. The molecule has 0 spiro atoms. The molecule has 2 N–H and O–H groups in total. The predicted octanol–water partition coefficient (Wildman–Crippen LogP) is 2.85. The maximum absolute atomic E-state index is 11.7. The molecule has 0 aromatic rings. The minimum atomic E-state index is 0.240. The number of rotatable bonds is 9. The molecule has 1 aliphatic rings. The molecule has 0 aromatic heterocycles. The Kier molecular flexibility index (Phi) is 8.06. The molecule has 0 aromatic carbocycles. The van der Waals surface area contributed by atoms with E-state index < -0.39 is 0 Å². The van der Waals surface area contributed by atoms with Crippen LogP contribution in [0.15, 0.2) is 0 Å². The van der Waals surface area contributed by atoms with Crippen molar-refractivity contribution in [2.24, 2.45) is 5.92 Å². The Labute approximate surface area is 112 Å². The van der Waals surface area contributed by atoms with E-state index in [1.54, 1.807) is 0 Å². The van der Waals surface area contributed by atoms with Crippen LogP contribution in [0.25, 0.3) is 0 Å². The van der Waals surface area contributed by atoms with E-state index in [9.17, 15) is 4.79 Å². The van der Waals surface area contributed by atoms with E-state index >= 15 is 0 Å². The van der Waals surface area contributed by atoms with E-state index in [1.807, 2.05) is 0 Å². The molecule has 1 saturated heterocycles. The van der Waals surface area contributed by atoms with Gasteiger partial charge in [0.1, 0.15) is 0 Å². The molecule has 1 rings (SSSR count). The first-order valence-corrected chi connectivity index (χ1v) is 7.74. The van der Waals surface area contributed by atoms with Gasteiger partial charge in [-0.3, -0.25) is 4.79 Å².